The fourth-order valence-electron chi connectivity index (χ4n) is 2.81. The molecule has 8 nitrogen and oxygen atoms in total. The second-order valence-electron chi connectivity index (χ2n) is 6.79. The predicted molar refractivity (Wildman–Crippen MR) is 111 cm³/mol. The van der Waals surface area contributed by atoms with E-state index in [1.165, 1.54) is 4.90 Å². The molecule has 1 aliphatic rings. The molecule has 0 spiro atoms. The number of carbonyl (C=O) groups excluding carboxylic acids is 1. The normalized spacial score (nSPS) is 12.5. The molecule has 11 heteroatoms. The van der Waals surface area contributed by atoms with E-state index in [-0.39, 0.29) is 18.3 Å². The number of hydrogen-bond donors (Lipinski definition) is 4. The van der Waals surface area contributed by atoms with Crippen molar-refractivity contribution >= 4 is 23.7 Å². The zero-order chi connectivity index (χ0) is 24.8. The maximum atomic E-state index is 12.3. The number of fused-ring (bicyclic) bond motifs is 1. The third-order valence-electron chi connectivity index (χ3n) is 4.39. The summed E-state index contributed by atoms with van der Waals surface area (Å²) in [6.45, 7) is 0.109. The summed E-state index contributed by atoms with van der Waals surface area (Å²) in [6.07, 6.45) is -4.48. The SMILES string of the molecule is N=C(N)c1ccc(C#Cc2ccc3c(c2)CCN(CC(=O)O)C3=O)cc1.O=C(O)C(F)(F)F. The molecule has 0 saturated heterocycles. The van der Waals surface area contributed by atoms with Gasteiger partial charge < -0.3 is 20.8 Å². The van der Waals surface area contributed by atoms with E-state index in [1.807, 2.05) is 6.07 Å². The fraction of sp³-hybridized carbons (Fsp3) is 0.182. The van der Waals surface area contributed by atoms with Gasteiger partial charge >= 0.3 is 18.1 Å². The molecule has 0 fully saturated rings. The molecule has 0 aliphatic carbocycles. The zero-order valence-corrected chi connectivity index (χ0v) is 16.9. The Morgan fingerprint density at radius 2 is 1.61 bits per heavy atom. The highest BCUT2D eigenvalue weighted by atomic mass is 19.4. The Balaban J connectivity index is 0.000000479. The summed E-state index contributed by atoms with van der Waals surface area (Å²) in [5, 5.41) is 23.4. The van der Waals surface area contributed by atoms with Crippen molar-refractivity contribution < 1.29 is 37.8 Å². The van der Waals surface area contributed by atoms with Gasteiger partial charge in [0.15, 0.2) is 0 Å². The number of rotatable bonds is 3. The summed E-state index contributed by atoms with van der Waals surface area (Å²) in [6, 6.07) is 12.4. The lowest BCUT2D eigenvalue weighted by Gasteiger charge is -2.27. The van der Waals surface area contributed by atoms with Gasteiger partial charge in [0, 0.05) is 28.8 Å². The van der Waals surface area contributed by atoms with Crippen molar-refractivity contribution in [3.05, 3.63) is 70.3 Å². The Hall–Kier alpha value is -4.33. The third kappa shape index (κ3) is 7.10. The molecular weight excluding hydrogens is 443 g/mol. The molecule has 3 rings (SSSR count). The van der Waals surface area contributed by atoms with Crippen LogP contribution in [0.3, 0.4) is 0 Å². The highest BCUT2D eigenvalue weighted by Gasteiger charge is 2.38. The van der Waals surface area contributed by atoms with Gasteiger partial charge in [-0.3, -0.25) is 15.0 Å². The smallest absolute Gasteiger partial charge is 0.480 e. The second kappa shape index (κ2) is 10.3. The molecule has 33 heavy (non-hydrogen) atoms. The quantitative estimate of drug-likeness (QED) is 0.313. The average molecular weight is 461 g/mol. The van der Waals surface area contributed by atoms with E-state index in [1.54, 1.807) is 36.4 Å². The summed E-state index contributed by atoms with van der Waals surface area (Å²) in [7, 11) is 0. The predicted octanol–water partition coefficient (Wildman–Crippen LogP) is 2.09. The number of amidine groups is 1. The summed E-state index contributed by atoms with van der Waals surface area (Å²) in [5.74, 6) is 2.10. The number of hydrogen-bond acceptors (Lipinski definition) is 4. The molecule has 172 valence electrons. The van der Waals surface area contributed by atoms with Crippen molar-refractivity contribution in [2.75, 3.05) is 13.1 Å². The highest BCUT2D eigenvalue weighted by Crippen LogP contribution is 2.20. The lowest BCUT2D eigenvalue weighted by molar-refractivity contribution is -0.192. The van der Waals surface area contributed by atoms with E-state index in [9.17, 15) is 22.8 Å². The number of alkyl halides is 3. The first-order chi connectivity index (χ1) is 15.4. The molecule has 0 atom stereocenters. The Morgan fingerprint density at radius 1 is 1.06 bits per heavy atom. The van der Waals surface area contributed by atoms with Crippen LogP contribution < -0.4 is 5.73 Å². The zero-order valence-electron chi connectivity index (χ0n) is 16.9. The van der Waals surface area contributed by atoms with Crippen LogP contribution >= 0.6 is 0 Å². The summed E-state index contributed by atoms with van der Waals surface area (Å²) in [5.41, 5.74) is 9.09. The minimum Gasteiger partial charge on any atom is -0.480 e. The van der Waals surface area contributed by atoms with Crippen LogP contribution in [0, 0.1) is 17.3 Å². The lowest BCUT2D eigenvalue weighted by Crippen LogP contribution is -2.40. The van der Waals surface area contributed by atoms with E-state index in [4.69, 9.17) is 26.2 Å². The van der Waals surface area contributed by atoms with Gasteiger partial charge in [-0.15, -0.1) is 0 Å². The van der Waals surface area contributed by atoms with Crippen LogP contribution in [0.2, 0.25) is 0 Å². The van der Waals surface area contributed by atoms with Gasteiger partial charge in [-0.25, -0.2) is 4.79 Å². The van der Waals surface area contributed by atoms with Gasteiger partial charge in [-0.1, -0.05) is 24.0 Å². The van der Waals surface area contributed by atoms with Crippen molar-refractivity contribution in [3.63, 3.8) is 0 Å². The van der Waals surface area contributed by atoms with Gasteiger partial charge in [0.05, 0.1) is 0 Å². The van der Waals surface area contributed by atoms with E-state index >= 15 is 0 Å². The topological polar surface area (TPSA) is 145 Å². The molecule has 5 N–H and O–H groups in total. The van der Waals surface area contributed by atoms with E-state index in [2.05, 4.69) is 11.8 Å². The minimum absolute atomic E-state index is 0.0146. The van der Waals surface area contributed by atoms with Gasteiger partial charge in [0.2, 0.25) is 0 Å². The van der Waals surface area contributed by atoms with Crippen molar-refractivity contribution in [2.45, 2.75) is 12.6 Å². The monoisotopic (exact) mass is 461 g/mol. The van der Waals surface area contributed by atoms with Gasteiger partial charge in [-0.2, -0.15) is 13.2 Å². The van der Waals surface area contributed by atoms with Gasteiger partial charge in [0.25, 0.3) is 5.91 Å². The molecule has 1 heterocycles. The minimum atomic E-state index is -5.08. The third-order valence-corrected chi connectivity index (χ3v) is 4.39. The molecule has 1 amide bonds. The van der Waals surface area contributed by atoms with Crippen molar-refractivity contribution in [2.24, 2.45) is 5.73 Å². The number of carboxylic acids is 2. The molecule has 0 radical (unpaired) electrons. The molecule has 0 aromatic heterocycles. The van der Waals surface area contributed by atoms with Gasteiger partial charge in [-0.05, 0) is 42.3 Å². The van der Waals surface area contributed by atoms with Crippen LogP contribution in [0.1, 0.15) is 32.6 Å². The Labute approximate surface area is 185 Å². The number of carbonyl (C=O) groups is 3. The summed E-state index contributed by atoms with van der Waals surface area (Å²) < 4.78 is 31.7. The Kier molecular flexibility index (Phi) is 7.80. The van der Waals surface area contributed by atoms with Gasteiger partial charge in [0.1, 0.15) is 12.4 Å². The first-order valence-electron chi connectivity index (χ1n) is 9.29. The maximum Gasteiger partial charge on any atom is 0.490 e. The number of nitrogen functional groups attached to an aromatic ring is 1. The van der Waals surface area contributed by atoms with Crippen LogP contribution in [-0.2, 0) is 16.0 Å². The number of nitrogens with one attached hydrogen (secondary N) is 1. The number of carboxylic acid groups (broad SMARTS) is 2. The summed E-state index contributed by atoms with van der Waals surface area (Å²) in [4.78, 5) is 33.4. The second-order valence-corrected chi connectivity index (χ2v) is 6.79. The maximum absolute atomic E-state index is 12.3. The first-order valence-corrected chi connectivity index (χ1v) is 9.29. The standard InChI is InChI=1S/C20H17N3O3.C2HF3O2/c21-19(22)15-6-3-13(4-7-15)1-2-14-5-8-17-16(11-14)9-10-23(20(17)26)12-18(24)25;3-2(4,5)1(6)7/h3-8,11H,9-10,12H2,(H3,21,22)(H,24,25);(H,6,7). The highest BCUT2D eigenvalue weighted by molar-refractivity contribution is 5.98. The largest absolute Gasteiger partial charge is 0.490 e. The van der Waals surface area contributed by atoms with E-state index < -0.39 is 18.1 Å². The van der Waals surface area contributed by atoms with Crippen molar-refractivity contribution in [1.82, 2.24) is 4.90 Å². The van der Waals surface area contributed by atoms with Crippen LogP contribution in [0.15, 0.2) is 42.5 Å². The van der Waals surface area contributed by atoms with Crippen LogP contribution in [0.5, 0.6) is 0 Å². The molecule has 2 aromatic rings. The number of nitrogens with two attached hydrogens (primary N) is 1. The number of nitrogens with zero attached hydrogens (tertiary/aromatic N) is 1. The molecule has 2 aromatic carbocycles. The van der Waals surface area contributed by atoms with Crippen molar-refractivity contribution in [1.29, 1.82) is 5.41 Å². The average Bonchev–Trinajstić information content (AvgIpc) is 2.74. The van der Waals surface area contributed by atoms with Crippen LogP contribution in [0.25, 0.3) is 0 Å². The van der Waals surface area contributed by atoms with Crippen LogP contribution in [0.4, 0.5) is 13.2 Å². The fourth-order valence-corrected chi connectivity index (χ4v) is 2.81. The van der Waals surface area contributed by atoms with E-state index in [0.717, 1.165) is 16.7 Å². The molecule has 0 saturated carbocycles. The lowest BCUT2D eigenvalue weighted by atomic mass is 9.96. The number of aliphatic carboxylic acids is 2. The molecule has 1 aliphatic heterocycles. The van der Waals surface area contributed by atoms with Crippen molar-refractivity contribution in [3.8, 4) is 11.8 Å². The Morgan fingerprint density at radius 3 is 2.12 bits per heavy atom. The van der Waals surface area contributed by atoms with E-state index in [0.29, 0.717) is 24.1 Å². The number of benzene rings is 2. The summed E-state index contributed by atoms with van der Waals surface area (Å²) >= 11 is 0. The number of amides is 1. The molecule has 0 unspecified atom stereocenters. The molecule has 0 bridgehead atoms. The number of halogens is 3. The van der Waals surface area contributed by atoms with Crippen LogP contribution in [-0.4, -0.2) is 58.1 Å². The molecular formula is C22H18F3N3O5. The Bertz CT molecular complexity index is 1150. The first kappa shape index (κ1) is 24.9.